The Morgan fingerprint density at radius 1 is 1.02 bits per heavy atom. The molecule has 270 valence electrons. The zero-order valence-electron chi connectivity index (χ0n) is 29.5. The van der Waals surface area contributed by atoms with E-state index in [1.807, 2.05) is 51.1 Å². The van der Waals surface area contributed by atoms with Crippen molar-refractivity contribution < 1.29 is 33.0 Å². The monoisotopic (exact) mass is 708 g/mol. The van der Waals surface area contributed by atoms with Crippen LogP contribution >= 0.6 is 0 Å². The van der Waals surface area contributed by atoms with Crippen LogP contribution in [0.1, 0.15) is 69.7 Å². The van der Waals surface area contributed by atoms with E-state index in [1.165, 1.54) is 41.4 Å². The molecule has 2 atom stereocenters. The summed E-state index contributed by atoms with van der Waals surface area (Å²) in [5.74, 6) is -1.49. The van der Waals surface area contributed by atoms with Crippen molar-refractivity contribution in [2.75, 3.05) is 26.2 Å². The maximum atomic E-state index is 15.0. The fourth-order valence-corrected chi connectivity index (χ4v) is 6.35. The number of nitrogens with one attached hydrogen (secondary N) is 2. The highest BCUT2D eigenvalue weighted by Gasteiger charge is 2.39. The van der Waals surface area contributed by atoms with Gasteiger partial charge in [-0.15, -0.1) is 0 Å². The summed E-state index contributed by atoms with van der Waals surface area (Å²) >= 11 is 0. The molecule has 4 amide bonds. The van der Waals surface area contributed by atoms with Gasteiger partial charge in [0.05, 0.1) is 36.6 Å². The van der Waals surface area contributed by atoms with Crippen LogP contribution in [0.5, 0.6) is 11.5 Å². The molecule has 13 heteroatoms. The summed E-state index contributed by atoms with van der Waals surface area (Å²) in [7, 11) is 0. The lowest BCUT2D eigenvalue weighted by Gasteiger charge is -2.25. The van der Waals surface area contributed by atoms with E-state index in [2.05, 4.69) is 20.6 Å². The van der Waals surface area contributed by atoms with Crippen LogP contribution in [0.15, 0.2) is 72.9 Å². The van der Waals surface area contributed by atoms with Gasteiger partial charge in [-0.2, -0.15) is 0 Å². The number of hydrogen-bond acceptors (Lipinski definition) is 8. The molecule has 2 N–H and O–H groups in total. The maximum Gasteiger partial charge on any atom is 0.257 e. The summed E-state index contributed by atoms with van der Waals surface area (Å²) in [6.45, 7) is 7.40. The normalized spacial score (nSPS) is 17.7. The number of aromatic nitrogens is 2. The number of halogens is 1. The molecule has 3 heterocycles. The first kappa shape index (κ1) is 36.1. The number of fused-ring (bicyclic) bond motifs is 5. The third-order valence-corrected chi connectivity index (χ3v) is 8.67. The number of carbonyl (C=O) groups excluding carboxylic acids is 4. The lowest BCUT2D eigenvalue weighted by Crippen LogP contribution is -2.49. The quantitative estimate of drug-likeness (QED) is 0.288. The molecular weight excluding hydrogens is 667 g/mol. The van der Waals surface area contributed by atoms with E-state index < -0.39 is 35.7 Å². The molecule has 4 aromatic rings. The van der Waals surface area contributed by atoms with Crippen molar-refractivity contribution in [1.29, 1.82) is 0 Å². The number of hydrogen-bond donors (Lipinski definition) is 2. The molecular formula is C39H41FN6O6. The summed E-state index contributed by atoms with van der Waals surface area (Å²) in [5, 5.41) is 5.81. The van der Waals surface area contributed by atoms with Gasteiger partial charge in [-0.1, -0.05) is 37.3 Å². The summed E-state index contributed by atoms with van der Waals surface area (Å²) < 4.78 is 27.3. The molecule has 52 heavy (non-hydrogen) atoms. The summed E-state index contributed by atoms with van der Waals surface area (Å²) in [4.78, 5) is 66.6. The van der Waals surface area contributed by atoms with Gasteiger partial charge in [0.25, 0.3) is 17.7 Å². The van der Waals surface area contributed by atoms with Crippen LogP contribution in [0.2, 0.25) is 0 Å². The lowest BCUT2D eigenvalue weighted by molar-refractivity contribution is -0.123. The number of rotatable bonds is 6. The van der Waals surface area contributed by atoms with Crippen LogP contribution in [0.3, 0.4) is 0 Å². The molecule has 0 radical (unpaired) electrons. The predicted octanol–water partition coefficient (Wildman–Crippen LogP) is 4.91. The van der Waals surface area contributed by atoms with E-state index in [0.717, 1.165) is 5.56 Å². The molecule has 2 aliphatic rings. The summed E-state index contributed by atoms with van der Waals surface area (Å²) in [6, 6.07) is 17.0. The van der Waals surface area contributed by atoms with Crippen molar-refractivity contribution >= 4 is 23.6 Å². The van der Waals surface area contributed by atoms with Crippen molar-refractivity contribution in [1.82, 2.24) is 30.4 Å². The minimum absolute atomic E-state index is 0.0569. The standard InChI is InChI=1S/C39H41FN6O6/c1-5-11-45-21-35(47)44-33-19-46(39(50)32-18-41-24(4)43-36(32)26-9-7-6-8-10-26)20-34(33)51-22-25-12-29(40)17-30(13-25)52-31-15-27(37(48)42-23(2)3)14-28(16-31)38(45)49/h6-10,12-18,23,33-34H,5,11,19-22H2,1-4H3,(H,42,48)(H,44,47)/t33-,34-/m1/s1. The first-order valence-electron chi connectivity index (χ1n) is 17.3. The number of aryl methyl sites for hydroxylation is 1. The number of likely N-dealkylation sites (tertiary alicyclic amines) is 1. The highest BCUT2D eigenvalue weighted by atomic mass is 19.1. The molecule has 4 bridgehead atoms. The molecule has 6 rings (SSSR count). The molecule has 0 aliphatic carbocycles. The van der Waals surface area contributed by atoms with Gasteiger partial charge < -0.3 is 29.9 Å². The second kappa shape index (κ2) is 15.7. The first-order chi connectivity index (χ1) is 25.0. The highest BCUT2D eigenvalue weighted by molar-refractivity contribution is 6.02. The molecule has 0 spiro atoms. The van der Waals surface area contributed by atoms with Crippen molar-refractivity contribution in [3.63, 3.8) is 0 Å². The summed E-state index contributed by atoms with van der Waals surface area (Å²) in [5.41, 5.74) is 2.29. The molecule has 2 aliphatic heterocycles. The lowest BCUT2D eigenvalue weighted by atomic mass is 10.1. The number of ether oxygens (including phenoxy) is 2. The Labute approximate surface area is 301 Å². The van der Waals surface area contributed by atoms with Crippen molar-refractivity contribution in [2.45, 2.75) is 58.9 Å². The predicted molar refractivity (Wildman–Crippen MR) is 190 cm³/mol. The Balaban J connectivity index is 1.34. The van der Waals surface area contributed by atoms with Crippen molar-refractivity contribution in [2.24, 2.45) is 0 Å². The maximum absolute atomic E-state index is 15.0. The number of amides is 4. The van der Waals surface area contributed by atoms with Gasteiger partial charge in [0.2, 0.25) is 5.91 Å². The van der Waals surface area contributed by atoms with Crippen LogP contribution in [0.25, 0.3) is 11.3 Å². The average Bonchev–Trinajstić information content (AvgIpc) is 3.51. The van der Waals surface area contributed by atoms with Gasteiger partial charge in [0, 0.05) is 54.6 Å². The Kier molecular flexibility index (Phi) is 10.9. The van der Waals surface area contributed by atoms with Crippen LogP contribution in [0, 0.1) is 12.7 Å². The third-order valence-electron chi connectivity index (χ3n) is 8.67. The SMILES string of the molecule is CCCN1CC(=O)N[C@@H]2CN(C(=O)c3cnc(C)nc3-c3ccccc3)C[C@H]2OCc2cc(F)cc(c2)Oc2cc(C(=O)NC(C)C)cc(c2)C1=O. The topological polar surface area (TPSA) is 143 Å². The van der Waals surface area contributed by atoms with Gasteiger partial charge in [0.1, 0.15) is 23.1 Å². The average molecular weight is 709 g/mol. The fourth-order valence-electron chi connectivity index (χ4n) is 6.35. The second-order valence-corrected chi connectivity index (χ2v) is 13.3. The van der Waals surface area contributed by atoms with Gasteiger partial charge in [0.15, 0.2) is 0 Å². The molecule has 0 unspecified atom stereocenters. The number of nitrogens with zero attached hydrogens (tertiary/aromatic N) is 4. The molecule has 3 aromatic carbocycles. The van der Waals surface area contributed by atoms with E-state index >= 15 is 0 Å². The van der Waals surface area contributed by atoms with E-state index in [1.54, 1.807) is 17.9 Å². The van der Waals surface area contributed by atoms with Gasteiger partial charge in [-0.05, 0) is 63.1 Å². The van der Waals surface area contributed by atoms with Crippen molar-refractivity contribution in [3.8, 4) is 22.8 Å². The third kappa shape index (κ3) is 8.43. The molecule has 12 nitrogen and oxygen atoms in total. The van der Waals surface area contributed by atoms with Crippen molar-refractivity contribution in [3.05, 3.63) is 107 Å². The minimum atomic E-state index is -0.676. The van der Waals surface area contributed by atoms with Crippen LogP contribution in [0.4, 0.5) is 4.39 Å². The highest BCUT2D eigenvalue weighted by Crippen LogP contribution is 2.29. The van der Waals surface area contributed by atoms with Crippen LogP contribution in [-0.4, -0.2) is 87.8 Å². The van der Waals surface area contributed by atoms with E-state index in [4.69, 9.17) is 9.47 Å². The van der Waals surface area contributed by atoms with E-state index in [0.29, 0.717) is 29.1 Å². The molecule has 1 saturated heterocycles. The molecule has 1 aromatic heterocycles. The Morgan fingerprint density at radius 2 is 1.79 bits per heavy atom. The number of carbonyl (C=O) groups is 4. The van der Waals surface area contributed by atoms with Gasteiger partial charge >= 0.3 is 0 Å². The molecule has 0 saturated carbocycles. The number of benzene rings is 3. The minimum Gasteiger partial charge on any atom is -0.457 e. The summed E-state index contributed by atoms with van der Waals surface area (Å²) in [6.07, 6.45) is 1.39. The van der Waals surface area contributed by atoms with Crippen LogP contribution < -0.4 is 15.4 Å². The zero-order chi connectivity index (χ0) is 36.9. The Hall–Kier alpha value is -5.69. The second-order valence-electron chi connectivity index (χ2n) is 13.3. The first-order valence-corrected chi connectivity index (χ1v) is 17.3. The largest absolute Gasteiger partial charge is 0.457 e. The smallest absolute Gasteiger partial charge is 0.257 e. The van der Waals surface area contributed by atoms with E-state index in [9.17, 15) is 23.6 Å². The Morgan fingerprint density at radius 3 is 2.54 bits per heavy atom. The van der Waals surface area contributed by atoms with Crippen LogP contribution in [-0.2, 0) is 16.1 Å². The zero-order valence-corrected chi connectivity index (χ0v) is 29.5. The van der Waals surface area contributed by atoms with Gasteiger partial charge in [-0.3, -0.25) is 19.2 Å². The Bertz CT molecular complexity index is 1990. The molecule has 1 fully saturated rings. The van der Waals surface area contributed by atoms with E-state index in [-0.39, 0.29) is 67.4 Å². The van der Waals surface area contributed by atoms with Gasteiger partial charge in [-0.25, -0.2) is 14.4 Å². The fraction of sp³-hybridized carbons (Fsp3) is 0.333.